The number of nitrogens with zero attached hydrogens (tertiary/aromatic N) is 4. The molecule has 7 heteroatoms. The van der Waals surface area contributed by atoms with E-state index in [4.69, 9.17) is 11.6 Å². The van der Waals surface area contributed by atoms with Gasteiger partial charge < -0.3 is 4.57 Å². The van der Waals surface area contributed by atoms with E-state index in [9.17, 15) is 9.59 Å². The molecule has 1 aliphatic carbocycles. The third-order valence-corrected chi connectivity index (χ3v) is 3.86. The molecule has 0 radical (unpaired) electrons. The van der Waals surface area contributed by atoms with Gasteiger partial charge in [0.25, 0.3) is 5.56 Å². The van der Waals surface area contributed by atoms with E-state index < -0.39 is 5.56 Å². The van der Waals surface area contributed by atoms with Gasteiger partial charge in [-0.05, 0) is 18.8 Å². The molecule has 1 fully saturated rings. The van der Waals surface area contributed by atoms with E-state index in [1.807, 2.05) is 4.57 Å². The molecule has 0 saturated heterocycles. The molecule has 2 aromatic rings. The predicted octanol–water partition coefficient (Wildman–Crippen LogP) is 0.973. The quantitative estimate of drug-likeness (QED) is 0.623. The summed E-state index contributed by atoms with van der Waals surface area (Å²) in [6, 6.07) is 1.28. The molecule has 0 aromatic carbocycles. The Morgan fingerprint density at radius 2 is 2.00 bits per heavy atom. The van der Waals surface area contributed by atoms with E-state index in [1.54, 1.807) is 18.7 Å². The molecule has 1 saturated carbocycles. The van der Waals surface area contributed by atoms with Crippen LogP contribution in [0.15, 0.2) is 34.4 Å². The second kappa shape index (κ2) is 6.24. The molecule has 0 N–H and O–H groups in total. The van der Waals surface area contributed by atoms with Gasteiger partial charge in [0.05, 0.1) is 19.4 Å². The topological polar surface area (TPSA) is 61.8 Å². The van der Waals surface area contributed by atoms with E-state index in [0.29, 0.717) is 19.0 Å². The van der Waals surface area contributed by atoms with Crippen LogP contribution in [0.4, 0.5) is 0 Å². The highest BCUT2D eigenvalue weighted by Gasteiger charge is 2.23. The molecule has 0 spiro atoms. The van der Waals surface area contributed by atoms with E-state index in [2.05, 4.69) is 16.8 Å². The molecule has 22 heavy (non-hydrogen) atoms. The highest BCUT2D eigenvalue weighted by Crippen LogP contribution is 2.30. The van der Waals surface area contributed by atoms with Crippen LogP contribution >= 0.6 is 11.6 Å². The van der Waals surface area contributed by atoms with Crippen molar-refractivity contribution in [1.29, 1.82) is 0 Å². The van der Waals surface area contributed by atoms with Crippen molar-refractivity contribution < 1.29 is 0 Å². The number of imidazole rings is 1. The van der Waals surface area contributed by atoms with E-state index in [-0.39, 0.29) is 17.4 Å². The Hall–Kier alpha value is -2.26. The number of hydrogen-bond donors (Lipinski definition) is 0. The molecule has 2 heterocycles. The molecule has 6 nitrogen and oxygen atoms in total. The van der Waals surface area contributed by atoms with Gasteiger partial charge in [0.1, 0.15) is 5.15 Å². The standard InChI is InChI=1S/C15H15ClN4O2/c16-13-9-14(21)19(15(22)20(13)10-12-3-4-12)7-2-1-6-18-8-5-17-11-18/h5,8-9,11-12H,3-4,6-7,10H2. The fourth-order valence-corrected chi connectivity index (χ4v) is 2.36. The van der Waals surface area contributed by atoms with Crippen LogP contribution in [0.1, 0.15) is 12.8 Å². The van der Waals surface area contributed by atoms with Gasteiger partial charge in [-0.2, -0.15) is 0 Å². The van der Waals surface area contributed by atoms with Crippen LogP contribution in [0.5, 0.6) is 0 Å². The van der Waals surface area contributed by atoms with Gasteiger partial charge in [0, 0.05) is 25.0 Å². The summed E-state index contributed by atoms with van der Waals surface area (Å²) in [5.74, 6) is 6.25. The zero-order valence-corrected chi connectivity index (χ0v) is 12.7. The summed E-state index contributed by atoms with van der Waals surface area (Å²) in [7, 11) is 0. The van der Waals surface area contributed by atoms with Gasteiger partial charge in [-0.15, -0.1) is 0 Å². The van der Waals surface area contributed by atoms with Crippen molar-refractivity contribution >= 4 is 11.6 Å². The second-order valence-electron chi connectivity index (χ2n) is 5.32. The van der Waals surface area contributed by atoms with Crippen LogP contribution in [0, 0.1) is 17.8 Å². The molecule has 0 amide bonds. The van der Waals surface area contributed by atoms with Crippen molar-refractivity contribution in [2.75, 3.05) is 0 Å². The van der Waals surface area contributed by atoms with Crippen molar-refractivity contribution in [3.8, 4) is 11.8 Å². The van der Waals surface area contributed by atoms with Crippen LogP contribution in [-0.4, -0.2) is 18.7 Å². The van der Waals surface area contributed by atoms with E-state index in [1.165, 1.54) is 10.6 Å². The molecule has 0 atom stereocenters. The Morgan fingerprint density at radius 1 is 1.23 bits per heavy atom. The summed E-state index contributed by atoms with van der Waals surface area (Å²) in [5, 5.41) is 0.199. The summed E-state index contributed by atoms with van der Waals surface area (Å²) in [5.41, 5.74) is -0.805. The van der Waals surface area contributed by atoms with Crippen molar-refractivity contribution in [2.45, 2.75) is 32.5 Å². The van der Waals surface area contributed by atoms with Gasteiger partial charge in [-0.1, -0.05) is 23.4 Å². The SMILES string of the molecule is O=c1cc(Cl)n(CC2CC2)c(=O)n1CC#CCn1ccnc1. The van der Waals surface area contributed by atoms with Gasteiger partial charge >= 0.3 is 5.69 Å². The molecule has 0 bridgehead atoms. The first-order chi connectivity index (χ1) is 10.6. The molecular weight excluding hydrogens is 304 g/mol. The highest BCUT2D eigenvalue weighted by molar-refractivity contribution is 6.29. The minimum Gasteiger partial charge on any atom is -0.326 e. The Kier molecular flexibility index (Phi) is 4.16. The van der Waals surface area contributed by atoms with Crippen LogP contribution in [0.3, 0.4) is 0 Å². The molecule has 2 aromatic heterocycles. The van der Waals surface area contributed by atoms with Crippen molar-refractivity contribution in [2.24, 2.45) is 5.92 Å². The van der Waals surface area contributed by atoms with Crippen molar-refractivity contribution in [1.82, 2.24) is 18.7 Å². The maximum atomic E-state index is 12.4. The first-order valence-corrected chi connectivity index (χ1v) is 7.44. The van der Waals surface area contributed by atoms with E-state index >= 15 is 0 Å². The molecule has 3 rings (SSSR count). The van der Waals surface area contributed by atoms with E-state index in [0.717, 1.165) is 17.4 Å². The average molecular weight is 319 g/mol. The maximum Gasteiger partial charge on any atom is 0.332 e. The zero-order valence-electron chi connectivity index (χ0n) is 11.9. The van der Waals surface area contributed by atoms with Crippen molar-refractivity contribution in [3.63, 3.8) is 0 Å². The minimum atomic E-state index is -0.418. The Labute approximate surface area is 132 Å². The molecule has 0 unspecified atom stereocenters. The van der Waals surface area contributed by atoms with Crippen LogP contribution in [-0.2, 0) is 19.6 Å². The van der Waals surface area contributed by atoms with Gasteiger partial charge in [-0.3, -0.25) is 9.36 Å². The Morgan fingerprint density at radius 3 is 2.68 bits per heavy atom. The fraction of sp³-hybridized carbons (Fsp3) is 0.400. The maximum absolute atomic E-state index is 12.4. The Bertz CT molecular complexity index is 835. The number of hydrogen-bond acceptors (Lipinski definition) is 3. The molecule has 0 aliphatic heterocycles. The number of halogens is 1. The zero-order chi connectivity index (χ0) is 15.5. The average Bonchev–Trinajstić information content (AvgIpc) is 3.16. The molecule has 114 valence electrons. The highest BCUT2D eigenvalue weighted by atomic mass is 35.5. The normalized spacial score (nSPS) is 13.7. The number of aromatic nitrogens is 4. The largest absolute Gasteiger partial charge is 0.332 e. The third kappa shape index (κ3) is 3.31. The fourth-order valence-electron chi connectivity index (χ4n) is 2.12. The summed E-state index contributed by atoms with van der Waals surface area (Å²) in [6.07, 6.45) is 7.33. The lowest BCUT2D eigenvalue weighted by atomic mass is 10.4. The van der Waals surface area contributed by atoms with Gasteiger partial charge in [0.2, 0.25) is 0 Å². The summed E-state index contributed by atoms with van der Waals surface area (Å²) in [4.78, 5) is 28.2. The first kappa shape index (κ1) is 14.7. The molecular formula is C15H15ClN4O2. The first-order valence-electron chi connectivity index (χ1n) is 7.07. The monoisotopic (exact) mass is 318 g/mol. The molecule has 1 aliphatic rings. The Balaban J connectivity index is 1.79. The lowest BCUT2D eigenvalue weighted by Crippen LogP contribution is -2.39. The van der Waals surface area contributed by atoms with Gasteiger partial charge in [0.15, 0.2) is 0 Å². The van der Waals surface area contributed by atoms with Crippen LogP contribution in [0.25, 0.3) is 0 Å². The summed E-state index contributed by atoms with van der Waals surface area (Å²) < 4.78 is 4.39. The third-order valence-electron chi connectivity index (χ3n) is 3.55. The predicted molar refractivity (Wildman–Crippen MR) is 82.7 cm³/mol. The van der Waals surface area contributed by atoms with Gasteiger partial charge in [-0.25, -0.2) is 14.3 Å². The summed E-state index contributed by atoms with van der Waals surface area (Å²) in [6.45, 7) is 1.10. The summed E-state index contributed by atoms with van der Waals surface area (Å²) >= 11 is 6.01. The van der Waals surface area contributed by atoms with Crippen LogP contribution in [0.2, 0.25) is 5.15 Å². The lowest BCUT2D eigenvalue weighted by Gasteiger charge is -2.09. The smallest absolute Gasteiger partial charge is 0.326 e. The minimum absolute atomic E-state index is 0.0637. The second-order valence-corrected chi connectivity index (χ2v) is 5.70. The van der Waals surface area contributed by atoms with Crippen LogP contribution < -0.4 is 11.2 Å². The number of rotatable bonds is 4. The lowest BCUT2D eigenvalue weighted by molar-refractivity contribution is 0.551. The van der Waals surface area contributed by atoms with Crippen molar-refractivity contribution in [3.05, 3.63) is 50.8 Å².